The van der Waals surface area contributed by atoms with E-state index >= 15 is 0 Å². The molecule has 0 bridgehead atoms. The Labute approximate surface area is 87.0 Å². The first-order valence-corrected chi connectivity index (χ1v) is 4.65. The lowest BCUT2D eigenvalue weighted by Crippen LogP contribution is -2.23. The number of nitrogens with zero attached hydrogens (tertiary/aromatic N) is 1. The third-order valence-electron chi connectivity index (χ3n) is 1.70. The third-order valence-corrected chi connectivity index (χ3v) is 1.70. The molecule has 0 aliphatic heterocycles. The van der Waals surface area contributed by atoms with Gasteiger partial charge in [0, 0.05) is 12.6 Å². The second kappa shape index (κ2) is 5.29. The molecule has 3 N–H and O–H groups in total. The summed E-state index contributed by atoms with van der Waals surface area (Å²) in [7, 11) is 0. The summed E-state index contributed by atoms with van der Waals surface area (Å²) in [4.78, 5) is 3.92. The van der Waals surface area contributed by atoms with Crippen LogP contribution in [-0.2, 0) is 0 Å². The molecule has 0 saturated carbocycles. The predicted octanol–water partition coefficient (Wildman–Crippen LogP) is 2.10. The highest BCUT2D eigenvalue weighted by Crippen LogP contribution is 2.14. The van der Waals surface area contributed by atoms with Crippen LogP contribution < -0.4 is 11.1 Å². The first kappa shape index (κ1) is 11.4. The Morgan fingerprint density at radius 1 is 1.47 bits per heavy atom. The number of anilines is 1. The van der Waals surface area contributed by atoms with Gasteiger partial charge in [-0.1, -0.05) is 6.92 Å². The van der Waals surface area contributed by atoms with Crippen LogP contribution in [0.2, 0.25) is 0 Å². The summed E-state index contributed by atoms with van der Waals surface area (Å²) in [5.41, 5.74) is 5.60. The smallest absolute Gasteiger partial charge is 0.193 e. The first-order chi connectivity index (χ1) is 7.13. The number of hydrogen-bond acceptors (Lipinski definition) is 1. The molecular formula is C10H13F2N3. The Morgan fingerprint density at radius 2 is 2.20 bits per heavy atom. The van der Waals surface area contributed by atoms with Gasteiger partial charge >= 0.3 is 0 Å². The third kappa shape index (κ3) is 3.53. The lowest BCUT2D eigenvalue weighted by Gasteiger charge is -2.06. The molecule has 0 spiro atoms. The predicted molar refractivity (Wildman–Crippen MR) is 56.8 cm³/mol. The van der Waals surface area contributed by atoms with Gasteiger partial charge in [-0.3, -0.25) is 4.99 Å². The maximum Gasteiger partial charge on any atom is 0.193 e. The van der Waals surface area contributed by atoms with E-state index in [1.165, 1.54) is 6.07 Å². The fraction of sp³-hybridized carbons (Fsp3) is 0.300. The summed E-state index contributed by atoms with van der Waals surface area (Å²) < 4.78 is 25.7. The first-order valence-electron chi connectivity index (χ1n) is 4.65. The van der Waals surface area contributed by atoms with Crippen molar-refractivity contribution in [1.29, 1.82) is 0 Å². The van der Waals surface area contributed by atoms with E-state index in [0.717, 1.165) is 18.6 Å². The van der Waals surface area contributed by atoms with Crippen LogP contribution in [-0.4, -0.2) is 12.5 Å². The van der Waals surface area contributed by atoms with Crippen molar-refractivity contribution in [2.45, 2.75) is 13.3 Å². The lowest BCUT2D eigenvalue weighted by atomic mass is 10.3. The minimum Gasteiger partial charge on any atom is -0.370 e. The molecule has 0 saturated heterocycles. The molecule has 3 nitrogen and oxygen atoms in total. The number of hydrogen-bond donors (Lipinski definition) is 2. The van der Waals surface area contributed by atoms with Gasteiger partial charge < -0.3 is 11.1 Å². The van der Waals surface area contributed by atoms with Gasteiger partial charge in [0.25, 0.3) is 0 Å². The minimum atomic E-state index is -0.690. The molecule has 1 aromatic rings. The lowest BCUT2D eigenvalue weighted by molar-refractivity contribution is 0.586. The maximum absolute atomic E-state index is 13.1. The Kier molecular flexibility index (Phi) is 4.03. The van der Waals surface area contributed by atoms with Gasteiger partial charge in [0.05, 0.1) is 5.69 Å². The Bertz CT molecular complexity index is 364. The zero-order valence-corrected chi connectivity index (χ0v) is 8.43. The molecular weight excluding hydrogens is 200 g/mol. The van der Waals surface area contributed by atoms with Crippen LogP contribution in [0.4, 0.5) is 14.5 Å². The molecule has 0 aliphatic rings. The van der Waals surface area contributed by atoms with Gasteiger partial charge in [0.15, 0.2) is 5.96 Å². The molecule has 5 heteroatoms. The molecule has 0 amide bonds. The van der Waals surface area contributed by atoms with Crippen LogP contribution >= 0.6 is 0 Å². The Balaban J connectivity index is 2.72. The molecule has 0 fully saturated rings. The zero-order valence-electron chi connectivity index (χ0n) is 8.43. The van der Waals surface area contributed by atoms with E-state index in [1.807, 2.05) is 6.92 Å². The number of nitrogens with two attached hydrogens (primary N) is 1. The van der Waals surface area contributed by atoms with Crippen LogP contribution in [0.3, 0.4) is 0 Å². The molecule has 0 radical (unpaired) electrons. The van der Waals surface area contributed by atoms with Crippen molar-refractivity contribution in [3.63, 3.8) is 0 Å². The van der Waals surface area contributed by atoms with Crippen molar-refractivity contribution in [3.05, 3.63) is 29.8 Å². The average molecular weight is 213 g/mol. The highest BCUT2D eigenvalue weighted by molar-refractivity contribution is 5.92. The molecule has 1 rings (SSSR count). The summed E-state index contributed by atoms with van der Waals surface area (Å²) >= 11 is 0. The van der Waals surface area contributed by atoms with E-state index in [4.69, 9.17) is 5.73 Å². The summed E-state index contributed by atoms with van der Waals surface area (Å²) in [6.07, 6.45) is 0.855. The minimum absolute atomic E-state index is 0.119. The molecule has 1 aromatic carbocycles. The summed E-state index contributed by atoms with van der Waals surface area (Å²) in [6, 6.07) is 3.22. The quantitative estimate of drug-likeness (QED) is 0.596. The van der Waals surface area contributed by atoms with Gasteiger partial charge in [-0.25, -0.2) is 8.78 Å². The average Bonchev–Trinajstić information content (AvgIpc) is 2.19. The topological polar surface area (TPSA) is 50.4 Å². The SMILES string of the molecule is CCCN=C(N)Nc1ccc(F)cc1F. The highest BCUT2D eigenvalue weighted by atomic mass is 19.1. The molecule has 0 aliphatic carbocycles. The number of rotatable bonds is 3. The molecule has 0 unspecified atom stereocenters. The van der Waals surface area contributed by atoms with Crippen LogP contribution in [0.25, 0.3) is 0 Å². The molecule has 0 heterocycles. The van der Waals surface area contributed by atoms with E-state index in [9.17, 15) is 8.78 Å². The maximum atomic E-state index is 13.1. The van der Waals surface area contributed by atoms with Gasteiger partial charge in [0.1, 0.15) is 11.6 Å². The van der Waals surface area contributed by atoms with Crippen molar-refractivity contribution in [3.8, 4) is 0 Å². The van der Waals surface area contributed by atoms with Gasteiger partial charge in [-0.05, 0) is 18.6 Å². The Morgan fingerprint density at radius 3 is 2.80 bits per heavy atom. The number of halogens is 2. The number of nitrogens with one attached hydrogen (secondary N) is 1. The van der Waals surface area contributed by atoms with Gasteiger partial charge in [-0.15, -0.1) is 0 Å². The van der Waals surface area contributed by atoms with E-state index < -0.39 is 11.6 Å². The van der Waals surface area contributed by atoms with Crippen molar-refractivity contribution in [2.24, 2.45) is 10.7 Å². The number of benzene rings is 1. The van der Waals surface area contributed by atoms with Crippen LogP contribution in [0, 0.1) is 11.6 Å². The highest BCUT2D eigenvalue weighted by Gasteiger charge is 2.03. The van der Waals surface area contributed by atoms with Crippen LogP contribution in [0.15, 0.2) is 23.2 Å². The standard InChI is InChI=1S/C10H13F2N3/c1-2-5-14-10(13)15-9-4-3-7(11)6-8(9)12/h3-4,6H,2,5H2,1H3,(H3,13,14,15). The van der Waals surface area contributed by atoms with E-state index in [0.29, 0.717) is 6.54 Å². The van der Waals surface area contributed by atoms with Crippen molar-refractivity contribution in [1.82, 2.24) is 0 Å². The normalized spacial score (nSPS) is 11.5. The molecule has 0 atom stereocenters. The van der Waals surface area contributed by atoms with E-state index in [-0.39, 0.29) is 11.6 Å². The fourth-order valence-electron chi connectivity index (χ4n) is 1.00. The zero-order chi connectivity index (χ0) is 11.3. The monoisotopic (exact) mass is 213 g/mol. The van der Waals surface area contributed by atoms with Crippen molar-refractivity contribution < 1.29 is 8.78 Å². The van der Waals surface area contributed by atoms with Gasteiger partial charge in [-0.2, -0.15) is 0 Å². The Hall–Kier alpha value is -1.65. The largest absolute Gasteiger partial charge is 0.370 e. The summed E-state index contributed by atoms with van der Waals surface area (Å²) in [5.74, 6) is -1.19. The van der Waals surface area contributed by atoms with E-state index in [2.05, 4.69) is 10.3 Å². The second-order valence-corrected chi connectivity index (χ2v) is 3.02. The van der Waals surface area contributed by atoms with Crippen molar-refractivity contribution in [2.75, 3.05) is 11.9 Å². The second-order valence-electron chi connectivity index (χ2n) is 3.02. The summed E-state index contributed by atoms with van der Waals surface area (Å²) in [5, 5.41) is 2.56. The molecule has 15 heavy (non-hydrogen) atoms. The van der Waals surface area contributed by atoms with Crippen LogP contribution in [0.5, 0.6) is 0 Å². The molecule has 82 valence electrons. The van der Waals surface area contributed by atoms with Gasteiger partial charge in [0.2, 0.25) is 0 Å². The van der Waals surface area contributed by atoms with Crippen molar-refractivity contribution >= 4 is 11.6 Å². The number of aliphatic imine (C=N–C) groups is 1. The molecule has 0 aromatic heterocycles. The van der Waals surface area contributed by atoms with E-state index in [1.54, 1.807) is 0 Å². The number of guanidine groups is 1. The summed E-state index contributed by atoms with van der Waals surface area (Å²) in [6.45, 7) is 2.52. The van der Waals surface area contributed by atoms with Crippen LogP contribution in [0.1, 0.15) is 13.3 Å². The fourth-order valence-corrected chi connectivity index (χ4v) is 1.00.